The number of carboxylic acid groups (broad SMARTS) is 1. The van der Waals surface area contributed by atoms with Crippen LogP contribution in [0, 0.1) is 0 Å². The molecule has 23 heavy (non-hydrogen) atoms. The van der Waals surface area contributed by atoms with Crippen molar-refractivity contribution in [2.75, 3.05) is 4.72 Å². The van der Waals surface area contributed by atoms with Gasteiger partial charge in [0, 0.05) is 10.7 Å². The van der Waals surface area contributed by atoms with E-state index < -0.39 is 22.0 Å². The van der Waals surface area contributed by atoms with E-state index in [9.17, 15) is 13.2 Å². The van der Waals surface area contributed by atoms with Crippen molar-refractivity contribution in [3.63, 3.8) is 0 Å². The summed E-state index contributed by atoms with van der Waals surface area (Å²) >= 11 is 5.75. The van der Waals surface area contributed by atoms with Crippen molar-refractivity contribution >= 4 is 33.3 Å². The minimum atomic E-state index is -3.73. The molecule has 0 aliphatic carbocycles. The van der Waals surface area contributed by atoms with Crippen molar-refractivity contribution in [3.8, 4) is 0 Å². The summed E-state index contributed by atoms with van der Waals surface area (Å²) in [6, 6.07) is 11.1. The number of rotatable bonds is 6. The van der Waals surface area contributed by atoms with E-state index in [1.807, 2.05) is 0 Å². The second-order valence-electron chi connectivity index (χ2n) is 4.91. The Kier molecular flexibility index (Phi) is 5.25. The highest BCUT2D eigenvalue weighted by Gasteiger charge is 2.16. The third-order valence-corrected chi connectivity index (χ3v) is 4.75. The largest absolute Gasteiger partial charge is 0.480 e. The first-order valence-electron chi connectivity index (χ1n) is 6.63. The smallest absolute Gasteiger partial charge is 0.320 e. The van der Waals surface area contributed by atoms with Crippen LogP contribution < -0.4 is 10.5 Å². The van der Waals surface area contributed by atoms with Crippen molar-refractivity contribution in [2.45, 2.75) is 17.4 Å². The van der Waals surface area contributed by atoms with Crippen molar-refractivity contribution in [1.29, 1.82) is 0 Å². The number of benzene rings is 2. The SMILES string of the molecule is N[C@@H](Cc1ccc(S(=O)(=O)Nc2ccc(Cl)cc2)cc1)C(=O)O. The highest BCUT2D eigenvalue weighted by Crippen LogP contribution is 2.19. The molecule has 0 amide bonds. The topological polar surface area (TPSA) is 109 Å². The summed E-state index contributed by atoms with van der Waals surface area (Å²) in [5.74, 6) is -1.11. The van der Waals surface area contributed by atoms with Gasteiger partial charge in [-0.05, 0) is 48.4 Å². The van der Waals surface area contributed by atoms with Gasteiger partial charge in [0.25, 0.3) is 10.0 Å². The van der Waals surface area contributed by atoms with Crippen LogP contribution in [0.3, 0.4) is 0 Å². The quantitative estimate of drug-likeness (QED) is 0.735. The molecule has 0 radical (unpaired) electrons. The summed E-state index contributed by atoms with van der Waals surface area (Å²) in [6.07, 6.45) is 0.125. The van der Waals surface area contributed by atoms with Gasteiger partial charge in [-0.2, -0.15) is 0 Å². The van der Waals surface area contributed by atoms with E-state index in [2.05, 4.69) is 4.72 Å². The van der Waals surface area contributed by atoms with Crippen molar-refractivity contribution < 1.29 is 18.3 Å². The van der Waals surface area contributed by atoms with Crippen molar-refractivity contribution in [2.24, 2.45) is 5.73 Å². The monoisotopic (exact) mass is 354 g/mol. The van der Waals surface area contributed by atoms with Gasteiger partial charge >= 0.3 is 5.97 Å². The first-order chi connectivity index (χ1) is 10.8. The van der Waals surface area contributed by atoms with Crippen LogP contribution in [0.1, 0.15) is 5.56 Å². The number of aliphatic carboxylic acids is 1. The van der Waals surface area contributed by atoms with Gasteiger partial charge in [0.1, 0.15) is 6.04 Å². The highest BCUT2D eigenvalue weighted by molar-refractivity contribution is 7.92. The van der Waals surface area contributed by atoms with E-state index in [0.717, 1.165) is 0 Å². The molecule has 0 unspecified atom stereocenters. The van der Waals surface area contributed by atoms with E-state index in [1.54, 1.807) is 36.4 Å². The lowest BCUT2D eigenvalue weighted by atomic mass is 10.1. The molecule has 0 spiro atoms. The van der Waals surface area contributed by atoms with Crippen LogP contribution in [-0.2, 0) is 21.2 Å². The van der Waals surface area contributed by atoms with E-state index in [4.69, 9.17) is 22.4 Å². The summed E-state index contributed by atoms with van der Waals surface area (Å²) < 4.78 is 27.0. The number of hydrogen-bond donors (Lipinski definition) is 3. The molecule has 8 heteroatoms. The number of carbonyl (C=O) groups is 1. The highest BCUT2D eigenvalue weighted by atomic mass is 35.5. The van der Waals surface area contributed by atoms with Gasteiger partial charge in [0.05, 0.1) is 4.90 Å². The van der Waals surface area contributed by atoms with Gasteiger partial charge in [-0.25, -0.2) is 8.42 Å². The fourth-order valence-corrected chi connectivity index (χ4v) is 3.06. The summed E-state index contributed by atoms with van der Waals surface area (Å²) in [5.41, 5.74) is 6.48. The average Bonchev–Trinajstić information content (AvgIpc) is 2.50. The van der Waals surface area contributed by atoms with Crippen molar-refractivity contribution in [1.82, 2.24) is 0 Å². The maximum Gasteiger partial charge on any atom is 0.320 e. The van der Waals surface area contributed by atoms with Gasteiger partial charge in [0.15, 0.2) is 0 Å². The van der Waals surface area contributed by atoms with Crippen LogP contribution in [0.15, 0.2) is 53.4 Å². The lowest BCUT2D eigenvalue weighted by molar-refractivity contribution is -0.138. The fourth-order valence-electron chi connectivity index (χ4n) is 1.88. The van der Waals surface area contributed by atoms with Crippen molar-refractivity contribution in [3.05, 3.63) is 59.1 Å². The molecule has 2 aromatic carbocycles. The standard InChI is InChI=1S/C15H15ClN2O4S/c16-11-3-5-12(6-4-11)18-23(21,22)13-7-1-10(2-8-13)9-14(17)15(19)20/h1-8,14,18H,9,17H2,(H,19,20)/t14-/m0/s1. The molecule has 2 rings (SSSR count). The Balaban J connectivity index is 2.14. The summed E-state index contributed by atoms with van der Waals surface area (Å²) in [5, 5.41) is 9.28. The molecule has 0 saturated heterocycles. The van der Waals surface area contributed by atoms with E-state index in [1.165, 1.54) is 12.1 Å². The molecule has 0 aliphatic rings. The molecule has 4 N–H and O–H groups in total. The minimum Gasteiger partial charge on any atom is -0.480 e. The second kappa shape index (κ2) is 6.99. The fraction of sp³-hybridized carbons (Fsp3) is 0.133. The molecule has 2 aromatic rings. The van der Waals surface area contributed by atoms with Crippen LogP contribution in [0.25, 0.3) is 0 Å². The maximum atomic E-state index is 12.3. The number of halogens is 1. The Hall–Kier alpha value is -2.09. The first-order valence-corrected chi connectivity index (χ1v) is 8.50. The third kappa shape index (κ3) is 4.69. The second-order valence-corrected chi connectivity index (χ2v) is 7.02. The van der Waals surface area contributed by atoms with E-state index >= 15 is 0 Å². The summed E-state index contributed by atoms with van der Waals surface area (Å²) in [6.45, 7) is 0. The number of anilines is 1. The van der Waals surface area contributed by atoms with E-state index in [0.29, 0.717) is 16.3 Å². The lowest BCUT2D eigenvalue weighted by Gasteiger charge is -2.10. The molecule has 0 fully saturated rings. The molecule has 0 heterocycles. The van der Waals surface area contributed by atoms with Crippen LogP contribution in [0.5, 0.6) is 0 Å². The Bertz CT molecular complexity index is 789. The molecule has 1 atom stereocenters. The molecule has 0 bridgehead atoms. The zero-order chi connectivity index (χ0) is 17.0. The number of hydrogen-bond acceptors (Lipinski definition) is 4. The first kappa shape index (κ1) is 17.3. The molecule has 6 nitrogen and oxygen atoms in total. The minimum absolute atomic E-state index is 0.0695. The lowest BCUT2D eigenvalue weighted by Crippen LogP contribution is -2.32. The van der Waals surface area contributed by atoms with Gasteiger partial charge in [-0.15, -0.1) is 0 Å². The van der Waals surface area contributed by atoms with Gasteiger partial charge in [0.2, 0.25) is 0 Å². The predicted molar refractivity (Wildman–Crippen MR) is 88.0 cm³/mol. The van der Waals surface area contributed by atoms with Gasteiger partial charge in [-0.1, -0.05) is 23.7 Å². The number of sulfonamides is 1. The number of nitrogens with two attached hydrogens (primary N) is 1. The molecule has 0 aliphatic heterocycles. The Labute approximate surface area is 138 Å². The molecule has 0 saturated carbocycles. The maximum absolute atomic E-state index is 12.3. The van der Waals surface area contributed by atoms with Crippen LogP contribution >= 0.6 is 11.6 Å². The normalized spacial score (nSPS) is 12.6. The zero-order valence-corrected chi connectivity index (χ0v) is 13.5. The van der Waals surface area contributed by atoms with Gasteiger partial charge < -0.3 is 10.8 Å². The molecular weight excluding hydrogens is 340 g/mol. The summed E-state index contributed by atoms with van der Waals surface area (Å²) in [7, 11) is -3.73. The third-order valence-electron chi connectivity index (χ3n) is 3.10. The van der Waals surface area contributed by atoms with Crippen LogP contribution in [-0.4, -0.2) is 25.5 Å². The molecular formula is C15H15ClN2O4S. The average molecular weight is 355 g/mol. The van der Waals surface area contributed by atoms with Crippen LogP contribution in [0.4, 0.5) is 5.69 Å². The van der Waals surface area contributed by atoms with Crippen LogP contribution in [0.2, 0.25) is 5.02 Å². The Morgan fingerprint density at radius 1 is 1.13 bits per heavy atom. The zero-order valence-electron chi connectivity index (χ0n) is 11.9. The Morgan fingerprint density at radius 3 is 2.22 bits per heavy atom. The number of carboxylic acids is 1. The molecule has 0 aromatic heterocycles. The Morgan fingerprint density at radius 2 is 1.70 bits per heavy atom. The van der Waals surface area contributed by atoms with E-state index in [-0.39, 0.29) is 11.3 Å². The summed E-state index contributed by atoms with van der Waals surface area (Å²) in [4.78, 5) is 10.8. The van der Waals surface area contributed by atoms with Gasteiger partial charge in [-0.3, -0.25) is 9.52 Å². The number of nitrogens with one attached hydrogen (secondary N) is 1. The predicted octanol–water partition coefficient (Wildman–Crippen LogP) is 2.10. The molecule has 122 valence electrons.